The van der Waals surface area contributed by atoms with Crippen LogP contribution in [-0.2, 0) is 4.79 Å². The molecule has 2 fully saturated rings. The molecule has 0 spiro atoms. The first-order valence-corrected chi connectivity index (χ1v) is 11.7. The molecule has 1 aromatic heterocycles. The van der Waals surface area contributed by atoms with Gasteiger partial charge in [-0.3, -0.25) is 14.9 Å². The van der Waals surface area contributed by atoms with Gasteiger partial charge < -0.3 is 9.88 Å². The Morgan fingerprint density at radius 1 is 1.18 bits per heavy atom. The fourth-order valence-electron chi connectivity index (χ4n) is 6.69. The summed E-state index contributed by atoms with van der Waals surface area (Å²) in [6.07, 6.45) is 5.49. The predicted molar refractivity (Wildman–Crippen MR) is 129 cm³/mol. The van der Waals surface area contributed by atoms with Crippen molar-refractivity contribution in [3.63, 3.8) is 0 Å². The Hall–Kier alpha value is -3.15. The lowest BCUT2D eigenvalue weighted by Gasteiger charge is -2.39. The third-order valence-electron chi connectivity index (χ3n) is 7.59. The SMILES string of the molecule is CC1(C)CC2CC(C)(CN2C(=O)CC(c2cccc([N+](=O)[O-])c2)c2c[nH]c3ccccc23)C1. The van der Waals surface area contributed by atoms with Crippen molar-refractivity contribution in [3.8, 4) is 0 Å². The summed E-state index contributed by atoms with van der Waals surface area (Å²) >= 11 is 0. The molecule has 5 rings (SSSR count). The van der Waals surface area contributed by atoms with E-state index in [1.807, 2.05) is 36.5 Å². The molecular formula is C27H31N3O3. The second kappa shape index (κ2) is 7.72. The van der Waals surface area contributed by atoms with E-state index in [4.69, 9.17) is 0 Å². The molecule has 2 heterocycles. The van der Waals surface area contributed by atoms with E-state index in [1.165, 1.54) is 6.07 Å². The van der Waals surface area contributed by atoms with Gasteiger partial charge in [-0.25, -0.2) is 0 Å². The van der Waals surface area contributed by atoms with Crippen LogP contribution in [0, 0.1) is 20.9 Å². The Kier molecular flexibility index (Phi) is 5.07. The van der Waals surface area contributed by atoms with Crippen molar-refractivity contribution in [1.82, 2.24) is 9.88 Å². The Bertz CT molecular complexity index is 1230. The topological polar surface area (TPSA) is 79.2 Å². The van der Waals surface area contributed by atoms with Gasteiger partial charge in [0.2, 0.25) is 5.91 Å². The van der Waals surface area contributed by atoms with Crippen molar-refractivity contribution in [3.05, 3.63) is 76.0 Å². The summed E-state index contributed by atoms with van der Waals surface area (Å²) in [7, 11) is 0. The van der Waals surface area contributed by atoms with E-state index in [2.05, 4.69) is 30.7 Å². The third kappa shape index (κ3) is 4.03. The molecule has 6 heteroatoms. The zero-order valence-electron chi connectivity index (χ0n) is 19.5. The number of hydrogen-bond donors (Lipinski definition) is 1. The number of carbonyl (C=O) groups excluding carboxylic acids is 1. The summed E-state index contributed by atoms with van der Waals surface area (Å²) < 4.78 is 0. The minimum atomic E-state index is -0.371. The number of nitrogens with zero attached hydrogens (tertiary/aromatic N) is 2. The van der Waals surface area contributed by atoms with Gasteiger partial charge in [-0.2, -0.15) is 0 Å². The molecule has 172 valence electrons. The smallest absolute Gasteiger partial charge is 0.269 e. The van der Waals surface area contributed by atoms with E-state index < -0.39 is 0 Å². The number of amides is 1. The van der Waals surface area contributed by atoms with E-state index >= 15 is 0 Å². The van der Waals surface area contributed by atoms with Gasteiger partial charge in [0.15, 0.2) is 0 Å². The van der Waals surface area contributed by atoms with Crippen LogP contribution in [0.15, 0.2) is 54.7 Å². The highest BCUT2D eigenvalue weighted by atomic mass is 16.6. The van der Waals surface area contributed by atoms with E-state index in [-0.39, 0.29) is 39.3 Å². The highest BCUT2D eigenvalue weighted by Gasteiger charge is 2.51. The van der Waals surface area contributed by atoms with Crippen LogP contribution in [0.25, 0.3) is 10.9 Å². The summed E-state index contributed by atoms with van der Waals surface area (Å²) in [5.74, 6) is -0.113. The number of likely N-dealkylation sites (tertiary alicyclic amines) is 1. The molecule has 3 unspecified atom stereocenters. The maximum atomic E-state index is 13.8. The fourth-order valence-corrected chi connectivity index (χ4v) is 6.69. The van der Waals surface area contributed by atoms with Crippen LogP contribution in [0.3, 0.4) is 0 Å². The molecular weight excluding hydrogens is 414 g/mol. The number of nitrogens with one attached hydrogen (secondary N) is 1. The molecule has 2 aromatic carbocycles. The second-order valence-corrected chi connectivity index (χ2v) is 11.1. The van der Waals surface area contributed by atoms with E-state index in [0.29, 0.717) is 6.42 Å². The summed E-state index contributed by atoms with van der Waals surface area (Å²) in [5.41, 5.74) is 3.27. The van der Waals surface area contributed by atoms with E-state index in [0.717, 1.165) is 47.8 Å². The zero-order chi connectivity index (χ0) is 23.4. The van der Waals surface area contributed by atoms with Gasteiger partial charge in [-0.15, -0.1) is 0 Å². The molecule has 1 aliphatic heterocycles. The maximum absolute atomic E-state index is 13.8. The summed E-state index contributed by atoms with van der Waals surface area (Å²) in [6.45, 7) is 7.73. The Labute approximate surface area is 194 Å². The molecule has 2 bridgehead atoms. The van der Waals surface area contributed by atoms with Crippen molar-refractivity contribution < 1.29 is 9.72 Å². The Morgan fingerprint density at radius 2 is 1.97 bits per heavy atom. The quantitative estimate of drug-likeness (QED) is 0.385. The van der Waals surface area contributed by atoms with Crippen LogP contribution < -0.4 is 0 Å². The molecule has 6 nitrogen and oxygen atoms in total. The lowest BCUT2D eigenvalue weighted by atomic mass is 9.65. The van der Waals surface area contributed by atoms with Gasteiger partial charge in [0.1, 0.15) is 0 Å². The molecule has 1 amide bonds. The number of nitro groups is 1. The van der Waals surface area contributed by atoms with Crippen molar-refractivity contribution in [2.45, 2.75) is 58.4 Å². The van der Waals surface area contributed by atoms with Crippen LogP contribution in [0.2, 0.25) is 0 Å². The molecule has 33 heavy (non-hydrogen) atoms. The molecule has 1 saturated carbocycles. The molecule has 1 N–H and O–H groups in total. The molecule has 3 aromatic rings. The number of aromatic nitrogens is 1. The van der Waals surface area contributed by atoms with E-state index in [9.17, 15) is 14.9 Å². The molecule has 2 aliphatic rings. The monoisotopic (exact) mass is 445 g/mol. The van der Waals surface area contributed by atoms with Crippen LogP contribution in [0.1, 0.15) is 63.5 Å². The maximum Gasteiger partial charge on any atom is 0.269 e. The number of benzene rings is 2. The number of fused-ring (bicyclic) bond motifs is 3. The molecule has 0 radical (unpaired) electrons. The van der Waals surface area contributed by atoms with E-state index in [1.54, 1.807) is 12.1 Å². The van der Waals surface area contributed by atoms with Gasteiger partial charge in [-0.05, 0) is 47.3 Å². The normalized spacial score (nSPS) is 24.7. The third-order valence-corrected chi connectivity index (χ3v) is 7.59. The summed E-state index contributed by atoms with van der Waals surface area (Å²) in [5, 5.41) is 12.5. The van der Waals surface area contributed by atoms with Gasteiger partial charge in [0.25, 0.3) is 5.69 Å². The van der Waals surface area contributed by atoms with Crippen LogP contribution in [0.4, 0.5) is 5.69 Å². The number of non-ortho nitro benzene ring substituents is 1. The second-order valence-electron chi connectivity index (χ2n) is 11.1. The van der Waals surface area contributed by atoms with Gasteiger partial charge in [0, 0.05) is 54.2 Å². The van der Waals surface area contributed by atoms with Crippen molar-refractivity contribution >= 4 is 22.5 Å². The van der Waals surface area contributed by atoms with Crippen LogP contribution >= 0.6 is 0 Å². The van der Waals surface area contributed by atoms with Gasteiger partial charge >= 0.3 is 0 Å². The van der Waals surface area contributed by atoms with Crippen molar-refractivity contribution in [2.75, 3.05) is 6.54 Å². The standard InChI is InChI=1S/C27H31N3O3/c1-26(2)13-20-14-27(3,16-26)17-29(20)25(31)12-22(18-7-6-8-19(11-18)30(32)33)23-15-28-24-10-5-4-9-21(23)24/h4-11,15,20,22,28H,12-14,16-17H2,1-3H3. The largest absolute Gasteiger partial charge is 0.361 e. The highest BCUT2D eigenvalue weighted by molar-refractivity contribution is 5.86. The fraction of sp³-hybridized carbons (Fsp3) is 0.444. The minimum Gasteiger partial charge on any atom is -0.361 e. The number of nitro benzene ring substituents is 1. The molecule has 1 saturated heterocycles. The first-order chi connectivity index (χ1) is 15.6. The number of aromatic amines is 1. The first-order valence-electron chi connectivity index (χ1n) is 11.7. The van der Waals surface area contributed by atoms with Crippen molar-refractivity contribution in [1.29, 1.82) is 0 Å². The van der Waals surface area contributed by atoms with Crippen molar-refractivity contribution in [2.24, 2.45) is 10.8 Å². The lowest BCUT2D eigenvalue weighted by molar-refractivity contribution is -0.384. The number of H-pyrrole nitrogens is 1. The van der Waals surface area contributed by atoms with Crippen LogP contribution in [-0.4, -0.2) is 33.3 Å². The first kappa shape index (κ1) is 21.7. The number of hydrogen-bond acceptors (Lipinski definition) is 3. The average molecular weight is 446 g/mol. The Balaban J connectivity index is 1.51. The average Bonchev–Trinajstić information content (AvgIpc) is 3.29. The molecule has 1 aliphatic carbocycles. The predicted octanol–water partition coefficient (Wildman–Crippen LogP) is 6.03. The van der Waals surface area contributed by atoms with Gasteiger partial charge in [0.05, 0.1) is 4.92 Å². The van der Waals surface area contributed by atoms with Gasteiger partial charge in [-0.1, -0.05) is 51.1 Å². The number of rotatable bonds is 5. The molecule has 3 atom stereocenters. The van der Waals surface area contributed by atoms with Crippen LogP contribution in [0.5, 0.6) is 0 Å². The summed E-state index contributed by atoms with van der Waals surface area (Å²) in [6, 6.07) is 15.0. The number of carbonyl (C=O) groups is 1. The lowest BCUT2D eigenvalue weighted by Crippen LogP contribution is -2.38. The Morgan fingerprint density at radius 3 is 2.76 bits per heavy atom. The zero-order valence-corrected chi connectivity index (χ0v) is 19.5. The number of para-hydroxylation sites is 1. The highest BCUT2D eigenvalue weighted by Crippen LogP contribution is 2.53. The summed E-state index contributed by atoms with van der Waals surface area (Å²) in [4.78, 5) is 30.3. The minimum absolute atomic E-state index is 0.0519.